The molecular formula is C14H13Cl2NO3SZr. The third-order valence-corrected chi connectivity index (χ3v) is 4.45. The minimum Gasteiger partial charge on any atom is -1.00 e. The molecule has 0 atom stereocenters. The van der Waals surface area contributed by atoms with Crippen molar-refractivity contribution in [3.05, 3.63) is 63.4 Å². The third kappa shape index (κ3) is 3.41. The normalized spacial score (nSPS) is 16.3. The number of rotatable bonds is 2. The van der Waals surface area contributed by atoms with Gasteiger partial charge in [0.15, 0.2) is 0 Å². The number of allylic oxidation sites excluding steroid dienone is 7. The Kier molecular flexibility index (Phi) is 7.32. The van der Waals surface area contributed by atoms with E-state index in [4.69, 9.17) is 0 Å². The SMILES string of the molecule is CC1=C2C(=CC(C)=C2S(=O)(=O)O)C(c2ccc[nH]2)=C1.[Cl-].[Cl-].[Zr+2]. The molecule has 1 aromatic rings. The average molecular weight is 437 g/mol. The summed E-state index contributed by atoms with van der Waals surface area (Å²) in [6.45, 7) is 3.55. The summed E-state index contributed by atoms with van der Waals surface area (Å²) >= 11 is 0. The molecule has 0 aromatic carbocycles. The molecule has 3 rings (SSSR count). The van der Waals surface area contributed by atoms with Gasteiger partial charge in [0, 0.05) is 23.0 Å². The van der Waals surface area contributed by atoms with Crippen LogP contribution in [0.25, 0.3) is 5.57 Å². The number of aromatic nitrogens is 1. The second kappa shape index (κ2) is 7.46. The molecule has 1 aromatic heterocycles. The van der Waals surface area contributed by atoms with Crippen molar-refractivity contribution in [2.75, 3.05) is 0 Å². The van der Waals surface area contributed by atoms with E-state index in [0.29, 0.717) is 11.1 Å². The first-order valence-electron chi connectivity index (χ1n) is 5.87. The summed E-state index contributed by atoms with van der Waals surface area (Å²) < 4.78 is 32.4. The van der Waals surface area contributed by atoms with Crippen LogP contribution in [0.3, 0.4) is 0 Å². The van der Waals surface area contributed by atoms with Crippen molar-refractivity contribution in [2.24, 2.45) is 0 Å². The van der Waals surface area contributed by atoms with Crippen LogP contribution in [0.2, 0.25) is 0 Å². The van der Waals surface area contributed by atoms with Gasteiger partial charge in [-0.1, -0.05) is 0 Å². The molecule has 116 valence electrons. The number of hydrogen-bond acceptors (Lipinski definition) is 2. The Bertz CT molecular complexity index is 803. The van der Waals surface area contributed by atoms with Crippen molar-refractivity contribution < 1.29 is 64.0 Å². The number of fused-ring (bicyclic) bond motifs is 1. The molecule has 0 bridgehead atoms. The summed E-state index contributed by atoms with van der Waals surface area (Å²) in [5.74, 6) is 0. The van der Waals surface area contributed by atoms with Crippen LogP contribution in [0.4, 0.5) is 0 Å². The molecule has 0 unspecified atom stereocenters. The molecule has 0 aliphatic heterocycles. The average Bonchev–Trinajstić information content (AvgIpc) is 2.94. The molecule has 0 radical (unpaired) electrons. The molecule has 2 aliphatic carbocycles. The first-order valence-corrected chi connectivity index (χ1v) is 7.31. The second-order valence-corrected chi connectivity index (χ2v) is 6.10. The Morgan fingerprint density at radius 2 is 1.64 bits per heavy atom. The van der Waals surface area contributed by atoms with Crippen molar-refractivity contribution in [2.45, 2.75) is 13.8 Å². The van der Waals surface area contributed by atoms with Crippen molar-refractivity contribution in [1.82, 2.24) is 4.98 Å². The van der Waals surface area contributed by atoms with E-state index >= 15 is 0 Å². The Labute approximate surface area is 161 Å². The topological polar surface area (TPSA) is 70.2 Å². The van der Waals surface area contributed by atoms with Gasteiger partial charge in [0.05, 0.1) is 0 Å². The maximum atomic E-state index is 11.5. The Morgan fingerprint density at radius 3 is 2.14 bits per heavy atom. The van der Waals surface area contributed by atoms with Crippen LogP contribution in [0, 0.1) is 0 Å². The van der Waals surface area contributed by atoms with E-state index in [0.717, 1.165) is 22.4 Å². The van der Waals surface area contributed by atoms with Gasteiger partial charge in [-0.15, -0.1) is 0 Å². The van der Waals surface area contributed by atoms with Crippen LogP contribution in [0.15, 0.2) is 57.7 Å². The number of hydrogen-bond donors (Lipinski definition) is 2. The number of H-pyrrole nitrogens is 1. The van der Waals surface area contributed by atoms with Gasteiger partial charge in [0.25, 0.3) is 10.1 Å². The minimum atomic E-state index is -4.20. The molecule has 8 heteroatoms. The smallest absolute Gasteiger partial charge is 1.00 e. The van der Waals surface area contributed by atoms with Crippen LogP contribution in [0.5, 0.6) is 0 Å². The van der Waals surface area contributed by atoms with Crippen LogP contribution >= 0.6 is 0 Å². The molecule has 2 aliphatic rings. The summed E-state index contributed by atoms with van der Waals surface area (Å²) in [6, 6.07) is 3.83. The fraction of sp³-hybridized carbons (Fsp3) is 0.143. The molecule has 1 heterocycles. The monoisotopic (exact) mass is 435 g/mol. The van der Waals surface area contributed by atoms with E-state index in [1.807, 2.05) is 37.4 Å². The Hall–Kier alpha value is -0.387. The molecule has 0 fully saturated rings. The fourth-order valence-electron chi connectivity index (χ4n) is 2.70. The van der Waals surface area contributed by atoms with Crippen molar-refractivity contribution in [3.63, 3.8) is 0 Å². The Morgan fingerprint density at radius 1 is 1.05 bits per heavy atom. The predicted octanol–water partition coefficient (Wildman–Crippen LogP) is -3.16. The quantitative estimate of drug-likeness (QED) is 0.480. The minimum absolute atomic E-state index is 0. The second-order valence-electron chi connectivity index (χ2n) is 4.75. The van der Waals surface area contributed by atoms with E-state index in [-0.39, 0.29) is 55.9 Å². The molecular weight excluding hydrogens is 424 g/mol. The summed E-state index contributed by atoms with van der Waals surface area (Å²) in [6.07, 6.45) is 5.56. The van der Waals surface area contributed by atoms with Gasteiger partial charge in [-0.2, -0.15) is 8.42 Å². The van der Waals surface area contributed by atoms with Crippen LogP contribution in [-0.2, 0) is 36.3 Å². The third-order valence-electron chi connectivity index (χ3n) is 3.41. The van der Waals surface area contributed by atoms with Gasteiger partial charge in [-0.05, 0) is 54.9 Å². The Balaban J connectivity index is 0.00000147. The van der Waals surface area contributed by atoms with Crippen molar-refractivity contribution in [1.29, 1.82) is 0 Å². The molecule has 0 saturated heterocycles. The van der Waals surface area contributed by atoms with Crippen LogP contribution in [0.1, 0.15) is 19.5 Å². The van der Waals surface area contributed by atoms with Gasteiger partial charge in [-0.25, -0.2) is 0 Å². The molecule has 0 saturated carbocycles. The molecule has 4 nitrogen and oxygen atoms in total. The molecule has 22 heavy (non-hydrogen) atoms. The largest absolute Gasteiger partial charge is 2.00 e. The number of halogens is 2. The maximum Gasteiger partial charge on any atom is 2.00 e. The van der Waals surface area contributed by atoms with E-state index in [1.165, 1.54) is 0 Å². The first-order chi connectivity index (χ1) is 8.89. The molecule has 0 amide bonds. The number of aromatic amines is 1. The van der Waals surface area contributed by atoms with Gasteiger partial charge >= 0.3 is 26.2 Å². The molecule has 0 spiro atoms. The zero-order valence-corrected chi connectivity index (χ0v) is 16.6. The predicted molar refractivity (Wildman–Crippen MR) is 73.8 cm³/mol. The van der Waals surface area contributed by atoms with Crippen molar-refractivity contribution >= 4 is 15.7 Å². The van der Waals surface area contributed by atoms with Gasteiger partial charge < -0.3 is 29.8 Å². The summed E-state index contributed by atoms with van der Waals surface area (Å²) in [7, 11) is -4.20. The summed E-state index contributed by atoms with van der Waals surface area (Å²) in [5, 5.41) is 0. The number of nitrogens with one attached hydrogen (secondary N) is 1. The summed E-state index contributed by atoms with van der Waals surface area (Å²) in [4.78, 5) is 3.14. The van der Waals surface area contributed by atoms with E-state index in [1.54, 1.807) is 6.92 Å². The summed E-state index contributed by atoms with van der Waals surface area (Å²) in [5.41, 5.74) is 4.78. The van der Waals surface area contributed by atoms with Gasteiger partial charge in [-0.3, -0.25) is 4.55 Å². The van der Waals surface area contributed by atoms with Crippen molar-refractivity contribution in [3.8, 4) is 0 Å². The van der Waals surface area contributed by atoms with E-state index < -0.39 is 10.1 Å². The molecule has 2 N–H and O–H groups in total. The van der Waals surface area contributed by atoms with Crippen LogP contribution in [-0.4, -0.2) is 18.0 Å². The standard InChI is InChI=1S/C14H13NO3S.2ClH.Zr/c1-8-6-10(12-4-3-5-15-12)11-7-9(2)14(13(8)11)19(16,17)18;;;/h3-7,15H,1-2H3,(H,16,17,18);2*1H;/q;;;+2/p-2. The first kappa shape index (κ1) is 21.6. The van der Waals surface area contributed by atoms with E-state index in [9.17, 15) is 13.0 Å². The van der Waals surface area contributed by atoms with Crippen LogP contribution < -0.4 is 24.8 Å². The van der Waals surface area contributed by atoms with E-state index in [2.05, 4.69) is 4.98 Å². The van der Waals surface area contributed by atoms with Gasteiger partial charge in [0.2, 0.25) is 0 Å². The fourth-order valence-corrected chi connectivity index (χ4v) is 3.69. The zero-order chi connectivity index (χ0) is 13.8. The van der Waals surface area contributed by atoms with Gasteiger partial charge in [0.1, 0.15) is 4.91 Å². The zero-order valence-electron chi connectivity index (χ0n) is 11.8. The maximum absolute atomic E-state index is 11.5.